The summed E-state index contributed by atoms with van der Waals surface area (Å²) in [5.74, 6) is -0.676. The van der Waals surface area contributed by atoms with Gasteiger partial charge in [-0.25, -0.2) is 0 Å². The van der Waals surface area contributed by atoms with Gasteiger partial charge in [-0.1, -0.05) is 76.6 Å². The Kier molecular flexibility index (Phi) is 4.51. The van der Waals surface area contributed by atoms with Gasteiger partial charge in [-0.3, -0.25) is 4.79 Å². The summed E-state index contributed by atoms with van der Waals surface area (Å²) in [5.41, 5.74) is 2.81. The minimum atomic E-state index is -0.385. The maximum absolute atomic E-state index is 13.0. The van der Waals surface area contributed by atoms with Crippen molar-refractivity contribution >= 4 is 38.4 Å². The number of amides is 1. The van der Waals surface area contributed by atoms with Gasteiger partial charge >= 0.3 is 0 Å². The molecule has 2 N–H and O–H groups in total. The number of rotatable bonds is 4. The highest BCUT2D eigenvalue weighted by atomic mass is 79.9. The normalized spacial score (nSPS) is 17.4. The minimum absolute atomic E-state index is 0.104. The smallest absolute Gasteiger partial charge is 0.269 e. The molecular weight excluding hydrogens is 442 g/mol. The van der Waals surface area contributed by atoms with Gasteiger partial charge < -0.3 is 10.1 Å². The van der Waals surface area contributed by atoms with Gasteiger partial charge in [0.1, 0.15) is 0 Å². The Morgan fingerprint density at radius 3 is 2.27 bits per heavy atom. The molecule has 30 heavy (non-hydrogen) atoms. The Labute approximate surface area is 181 Å². The number of carbonyl (C=O) groups is 1. The van der Waals surface area contributed by atoms with Gasteiger partial charge in [0.25, 0.3) is 5.91 Å². The van der Waals surface area contributed by atoms with Crippen molar-refractivity contribution in [1.29, 1.82) is 0 Å². The molecule has 4 aromatic rings. The molecule has 1 atom stereocenters. The molecule has 1 heterocycles. The molecule has 148 valence electrons. The second-order valence-electron chi connectivity index (χ2n) is 7.51. The molecule has 0 aliphatic heterocycles. The van der Waals surface area contributed by atoms with Crippen LogP contribution in [0.15, 0.2) is 93.6 Å². The number of H-pyrrole nitrogens is 1. The van der Waals surface area contributed by atoms with E-state index in [0.717, 1.165) is 21.1 Å². The molecule has 0 unspecified atom stereocenters. The molecule has 5 rings (SSSR count). The first-order chi connectivity index (χ1) is 14.6. The van der Waals surface area contributed by atoms with Gasteiger partial charge in [0.2, 0.25) is 5.88 Å². The number of aromatic amines is 1. The zero-order valence-corrected chi connectivity index (χ0v) is 17.5. The third-order valence-corrected chi connectivity index (χ3v) is 6.29. The van der Waals surface area contributed by atoms with Crippen molar-refractivity contribution in [1.82, 2.24) is 4.98 Å². The van der Waals surface area contributed by atoms with E-state index in [0.29, 0.717) is 11.8 Å². The Morgan fingerprint density at radius 1 is 1.00 bits per heavy atom. The van der Waals surface area contributed by atoms with Crippen LogP contribution in [0.25, 0.3) is 10.9 Å². The van der Waals surface area contributed by atoms with Gasteiger partial charge in [0.05, 0.1) is 11.4 Å². The van der Waals surface area contributed by atoms with E-state index in [1.54, 1.807) is 0 Å². The Bertz CT molecular complexity index is 1230. The largest absolute Gasteiger partial charge is 0.493 e. The summed E-state index contributed by atoms with van der Waals surface area (Å²) >= 11 is 3.42. The maximum atomic E-state index is 13.0. The first-order valence-corrected chi connectivity index (χ1v) is 10.5. The average molecular weight is 460 g/mol. The number of azo groups is 1. The third-order valence-electron chi connectivity index (χ3n) is 5.80. The van der Waals surface area contributed by atoms with Gasteiger partial charge in [-0.2, -0.15) is 0 Å². The molecule has 0 bridgehead atoms. The lowest BCUT2D eigenvalue weighted by Crippen LogP contribution is -2.16. The highest BCUT2D eigenvalue weighted by molar-refractivity contribution is 9.10. The summed E-state index contributed by atoms with van der Waals surface area (Å²) in [6.45, 7) is 0. The van der Waals surface area contributed by atoms with E-state index < -0.39 is 0 Å². The summed E-state index contributed by atoms with van der Waals surface area (Å²) in [4.78, 5) is 15.9. The lowest BCUT2D eigenvalue weighted by Gasteiger charge is -2.17. The van der Waals surface area contributed by atoms with Crippen molar-refractivity contribution in [2.24, 2.45) is 16.1 Å². The minimum Gasteiger partial charge on any atom is -0.493 e. The molecule has 1 aromatic heterocycles. The van der Waals surface area contributed by atoms with Gasteiger partial charge in [0.15, 0.2) is 5.69 Å². The number of hydrogen-bond donors (Lipinski definition) is 2. The van der Waals surface area contributed by atoms with Crippen LogP contribution >= 0.6 is 15.9 Å². The number of hydrogen-bond acceptors (Lipinski definition) is 3. The number of carbonyl (C=O) groups excluding carboxylic acids is 1. The fraction of sp³-hybridized carbons (Fsp3) is 0.125. The molecule has 5 nitrogen and oxygen atoms in total. The zero-order chi connectivity index (χ0) is 20.7. The van der Waals surface area contributed by atoms with Crippen LogP contribution in [-0.4, -0.2) is 16.0 Å². The Morgan fingerprint density at radius 2 is 1.63 bits per heavy atom. The highest BCUT2D eigenvalue weighted by Crippen LogP contribution is 2.59. The van der Waals surface area contributed by atoms with Crippen molar-refractivity contribution in [3.05, 3.63) is 94.5 Å². The predicted molar refractivity (Wildman–Crippen MR) is 119 cm³/mol. The quantitative estimate of drug-likeness (QED) is 0.353. The molecule has 0 radical (unpaired) electrons. The van der Waals surface area contributed by atoms with Crippen molar-refractivity contribution in [2.45, 2.75) is 11.8 Å². The summed E-state index contributed by atoms with van der Waals surface area (Å²) in [6.07, 6.45) is 0.685. The summed E-state index contributed by atoms with van der Waals surface area (Å²) in [6, 6.07) is 25.7. The second-order valence-corrected chi connectivity index (χ2v) is 8.43. The molecule has 1 fully saturated rings. The van der Waals surface area contributed by atoms with Crippen molar-refractivity contribution < 1.29 is 9.90 Å². The molecular formula is C24H18BrN3O2. The Balaban J connectivity index is 1.49. The number of fused-ring (bicyclic) bond motifs is 1. The fourth-order valence-electron chi connectivity index (χ4n) is 4.24. The maximum Gasteiger partial charge on any atom is 0.269 e. The molecule has 1 aliphatic carbocycles. The van der Waals surface area contributed by atoms with Crippen LogP contribution in [0, 0.1) is 5.92 Å². The van der Waals surface area contributed by atoms with Crippen LogP contribution in [0.4, 0.5) is 5.69 Å². The van der Waals surface area contributed by atoms with Gasteiger partial charge in [0, 0.05) is 15.3 Å². The SMILES string of the molecule is O=C(N=Nc1c(O)[nH]c2ccc(Br)cc12)[C@H]1CC1(c1ccccc1)c1ccccc1. The summed E-state index contributed by atoms with van der Waals surface area (Å²) < 4.78 is 0.853. The number of benzene rings is 3. The van der Waals surface area contributed by atoms with Crippen LogP contribution in [0.1, 0.15) is 17.5 Å². The first kappa shape index (κ1) is 18.8. The Hall–Kier alpha value is -3.25. The van der Waals surface area contributed by atoms with Crippen molar-refractivity contribution in [2.75, 3.05) is 0 Å². The average Bonchev–Trinajstić information content (AvgIpc) is 3.46. The van der Waals surface area contributed by atoms with Crippen LogP contribution in [-0.2, 0) is 10.2 Å². The number of aromatic hydroxyl groups is 1. The molecule has 1 saturated carbocycles. The van der Waals surface area contributed by atoms with E-state index in [-0.39, 0.29) is 28.8 Å². The standard InChI is InChI=1S/C24H18BrN3O2/c25-17-11-12-20-18(13-17)21(23(30)26-20)27-28-22(29)19-14-24(19,15-7-3-1-4-8-15)16-9-5-2-6-10-16/h1-13,19,26,30H,14H2/t19-/m1/s1. The topological polar surface area (TPSA) is 77.8 Å². The monoisotopic (exact) mass is 459 g/mol. The van der Waals surface area contributed by atoms with E-state index in [4.69, 9.17) is 0 Å². The second kappa shape index (κ2) is 7.22. The highest BCUT2D eigenvalue weighted by Gasteiger charge is 2.60. The van der Waals surface area contributed by atoms with Crippen molar-refractivity contribution in [3.8, 4) is 5.88 Å². The van der Waals surface area contributed by atoms with Crippen LogP contribution in [0.3, 0.4) is 0 Å². The number of nitrogens with one attached hydrogen (secondary N) is 1. The number of halogens is 1. The van der Waals surface area contributed by atoms with Gasteiger partial charge in [-0.15, -0.1) is 10.2 Å². The van der Waals surface area contributed by atoms with Crippen LogP contribution < -0.4 is 0 Å². The molecule has 1 amide bonds. The number of aromatic nitrogens is 1. The van der Waals surface area contributed by atoms with Crippen LogP contribution in [0.5, 0.6) is 5.88 Å². The van der Waals surface area contributed by atoms with Gasteiger partial charge in [-0.05, 0) is 35.7 Å². The molecule has 0 spiro atoms. The van der Waals surface area contributed by atoms with Crippen LogP contribution in [0.2, 0.25) is 0 Å². The first-order valence-electron chi connectivity index (χ1n) is 9.66. The van der Waals surface area contributed by atoms with E-state index in [2.05, 4.69) is 55.4 Å². The number of nitrogens with zero attached hydrogens (tertiary/aromatic N) is 2. The van der Waals surface area contributed by atoms with E-state index >= 15 is 0 Å². The lowest BCUT2D eigenvalue weighted by molar-refractivity contribution is -0.119. The lowest BCUT2D eigenvalue weighted by atomic mass is 9.85. The zero-order valence-electron chi connectivity index (χ0n) is 15.9. The fourth-order valence-corrected chi connectivity index (χ4v) is 4.60. The van der Waals surface area contributed by atoms with E-state index in [1.807, 2.05) is 54.6 Å². The van der Waals surface area contributed by atoms with E-state index in [9.17, 15) is 9.90 Å². The molecule has 1 aliphatic rings. The molecule has 0 saturated heterocycles. The third kappa shape index (κ3) is 3.04. The predicted octanol–water partition coefficient (Wildman–Crippen LogP) is 6.25. The molecule has 3 aromatic carbocycles. The van der Waals surface area contributed by atoms with Crippen molar-refractivity contribution in [3.63, 3.8) is 0 Å². The summed E-state index contributed by atoms with van der Waals surface area (Å²) in [7, 11) is 0. The molecule has 6 heteroatoms. The summed E-state index contributed by atoms with van der Waals surface area (Å²) in [5, 5.41) is 19.0. The van der Waals surface area contributed by atoms with E-state index in [1.165, 1.54) is 0 Å².